The minimum atomic E-state index is 0.835. The van der Waals surface area contributed by atoms with Gasteiger partial charge in [-0.25, -0.2) is 0 Å². The zero-order chi connectivity index (χ0) is 12.6. The molecule has 2 aliphatic rings. The van der Waals surface area contributed by atoms with Crippen molar-refractivity contribution in [3.8, 4) is 0 Å². The molecule has 0 radical (unpaired) electrons. The molecule has 106 valence electrons. The molecule has 2 aliphatic carbocycles. The first kappa shape index (κ1) is 14.3. The van der Waals surface area contributed by atoms with E-state index in [0.717, 1.165) is 12.0 Å². The quantitative estimate of drug-likeness (QED) is 0.633. The number of nitrogens with one attached hydrogen (secondary N) is 1. The van der Waals surface area contributed by atoms with E-state index in [1.54, 1.807) is 0 Å². The average Bonchev–Trinajstić information content (AvgIpc) is 3.20. The maximum absolute atomic E-state index is 3.76. The van der Waals surface area contributed by atoms with Gasteiger partial charge in [0.05, 0.1) is 0 Å². The SMILES string of the molecule is CCCN(CCCNC1CCCCC1)CC1CC1. The highest BCUT2D eigenvalue weighted by Crippen LogP contribution is 2.29. The van der Waals surface area contributed by atoms with Crippen LogP contribution < -0.4 is 5.32 Å². The summed E-state index contributed by atoms with van der Waals surface area (Å²) in [6, 6.07) is 0.835. The number of hydrogen-bond donors (Lipinski definition) is 1. The lowest BCUT2D eigenvalue weighted by molar-refractivity contribution is 0.255. The lowest BCUT2D eigenvalue weighted by Gasteiger charge is -2.25. The Morgan fingerprint density at radius 1 is 1.00 bits per heavy atom. The fourth-order valence-electron chi connectivity index (χ4n) is 3.19. The number of rotatable bonds is 9. The van der Waals surface area contributed by atoms with Gasteiger partial charge >= 0.3 is 0 Å². The second kappa shape index (κ2) is 8.16. The van der Waals surface area contributed by atoms with Crippen LogP contribution in [0.2, 0.25) is 0 Å². The van der Waals surface area contributed by atoms with Crippen LogP contribution in [0.25, 0.3) is 0 Å². The fraction of sp³-hybridized carbons (Fsp3) is 1.00. The first-order chi connectivity index (χ1) is 8.88. The molecular weight excluding hydrogens is 220 g/mol. The Bertz CT molecular complexity index is 207. The summed E-state index contributed by atoms with van der Waals surface area (Å²) in [6.07, 6.45) is 12.8. The summed E-state index contributed by atoms with van der Waals surface area (Å²) in [6.45, 7) is 7.52. The lowest BCUT2D eigenvalue weighted by atomic mass is 9.95. The minimum Gasteiger partial charge on any atom is -0.314 e. The smallest absolute Gasteiger partial charge is 0.00670 e. The molecule has 0 saturated heterocycles. The molecule has 2 nitrogen and oxygen atoms in total. The van der Waals surface area contributed by atoms with E-state index in [1.807, 2.05) is 0 Å². The van der Waals surface area contributed by atoms with Gasteiger partial charge in [0.2, 0.25) is 0 Å². The van der Waals surface area contributed by atoms with Gasteiger partial charge in [-0.05, 0) is 64.1 Å². The molecule has 2 heteroatoms. The first-order valence-electron chi connectivity index (χ1n) is 8.34. The van der Waals surface area contributed by atoms with Gasteiger partial charge in [-0.2, -0.15) is 0 Å². The second-order valence-electron chi connectivity index (χ2n) is 6.39. The van der Waals surface area contributed by atoms with E-state index in [1.165, 1.54) is 84.0 Å². The highest BCUT2D eigenvalue weighted by molar-refractivity contribution is 4.77. The predicted octanol–water partition coefficient (Wildman–Crippen LogP) is 3.42. The normalized spacial score (nSPS) is 21.7. The summed E-state index contributed by atoms with van der Waals surface area (Å²) < 4.78 is 0. The van der Waals surface area contributed by atoms with Crippen LogP contribution in [-0.4, -0.2) is 37.1 Å². The molecule has 0 amide bonds. The standard InChI is InChI=1S/C16H32N2/c1-2-12-18(14-15-9-10-15)13-6-11-17-16-7-4-3-5-8-16/h15-17H,2-14H2,1H3. The minimum absolute atomic E-state index is 0.835. The Hall–Kier alpha value is -0.0800. The summed E-state index contributed by atoms with van der Waals surface area (Å²) in [7, 11) is 0. The first-order valence-corrected chi connectivity index (χ1v) is 8.34. The lowest BCUT2D eigenvalue weighted by Crippen LogP contribution is -2.34. The van der Waals surface area contributed by atoms with E-state index in [-0.39, 0.29) is 0 Å². The van der Waals surface area contributed by atoms with E-state index in [2.05, 4.69) is 17.1 Å². The summed E-state index contributed by atoms with van der Waals surface area (Å²) in [5, 5.41) is 3.76. The molecule has 2 rings (SSSR count). The third-order valence-electron chi connectivity index (χ3n) is 4.44. The van der Waals surface area contributed by atoms with Crippen molar-refractivity contribution >= 4 is 0 Å². The van der Waals surface area contributed by atoms with E-state index < -0.39 is 0 Å². The number of hydrogen-bond acceptors (Lipinski definition) is 2. The Labute approximate surface area is 114 Å². The molecule has 0 unspecified atom stereocenters. The highest BCUT2D eigenvalue weighted by Gasteiger charge is 2.23. The topological polar surface area (TPSA) is 15.3 Å². The van der Waals surface area contributed by atoms with Gasteiger partial charge in [0.25, 0.3) is 0 Å². The molecule has 0 heterocycles. The zero-order valence-corrected chi connectivity index (χ0v) is 12.3. The van der Waals surface area contributed by atoms with Crippen LogP contribution in [0.3, 0.4) is 0 Å². The van der Waals surface area contributed by atoms with Crippen molar-refractivity contribution in [3.05, 3.63) is 0 Å². The summed E-state index contributed by atoms with van der Waals surface area (Å²) in [5.74, 6) is 1.04. The van der Waals surface area contributed by atoms with Gasteiger partial charge < -0.3 is 10.2 Å². The van der Waals surface area contributed by atoms with Gasteiger partial charge in [-0.1, -0.05) is 26.2 Å². The molecule has 1 N–H and O–H groups in total. The van der Waals surface area contributed by atoms with Crippen LogP contribution in [0.5, 0.6) is 0 Å². The molecule has 18 heavy (non-hydrogen) atoms. The van der Waals surface area contributed by atoms with Gasteiger partial charge in [-0.15, -0.1) is 0 Å². The molecule has 0 spiro atoms. The molecule has 0 aliphatic heterocycles. The molecule has 0 aromatic heterocycles. The maximum atomic E-state index is 3.76. The summed E-state index contributed by atoms with van der Waals surface area (Å²) in [4.78, 5) is 2.69. The van der Waals surface area contributed by atoms with Crippen molar-refractivity contribution in [1.82, 2.24) is 10.2 Å². The van der Waals surface area contributed by atoms with Gasteiger partial charge in [0, 0.05) is 12.6 Å². The summed E-state index contributed by atoms with van der Waals surface area (Å²) in [5.41, 5.74) is 0. The van der Waals surface area contributed by atoms with E-state index in [9.17, 15) is 0 Å². The monoisotopic (exact) mass is 252 g/mol. The van der Waals surface area contributed by atoms with Crippen LogP contribution in [0.4, 0.5) is 0 Å². The van der Waals surface area contributed by atoms with E-state index in [0.29, 0.717) is 0 Å². The molecule has 0 aromatic carbocycles. The highest BCUT2D eigenvalue weighted by atomic mass is 15.1. The Morgan fingerprint density at radius 3 is 2.44 bits per heavy atom. The van der Waals surface area contributed by atoms with Gasteiger partial charge in [-0.3, -0.25) is 0 Å². The Balaban J connectivity index is 1.51. The average molecular weight is 252 g/mol. The second-order valence-corrected chi connectivity index (χ2v) is 6.39. The molecule has 2 fully saturated rings. The Morgan fingerprint density at radius 2 is 1.78 bits per heavy atom. The predicted molar refractivity (Wildman–Crippen MR) is 78.9 cm³/mol. The molecule has 2 saturated carbocycles. The van der Waals surface area contributed by atoms with Crippen LogP contribution in [0.1, 0.15) is 64.7 Å². The molecule has 0 bridgehead atoms. The fourth-order valence-corrected chi connectivity index (χ4v) is 3.19. The van der Waals surface area contributed by atoms with Gasteiger partial charge in [0.15, 0.2) is 0 Å². The van der Waals surface area contributed by atoms with Crippen molar-refractivity contribution in [2.45, 2.75) is 70.8 Å². The van der Waals surface area contributed by atoms with Crippen LogP contribution in [-0.2, 0) is 0 Å². The van der Waals surface area contributed by atoms with Crippen LogP contribution >= 0.6 is 0 Å². The van der Waals surface area contributed by atoms with Crippen LogP contribution in [0, 0.1) is 5.92 Å². The Kier molecular flexibility index (Phi) is 6.50. The zero-order valence-electron chi connectivity index (χ0n) is 12.3. The summed E-state index contributed by atoms with van der Waals surface area (Å²) >= 11 is 0. The molecular formula is C16H32N2. The van der Waals surface area contributed by atoms with Gasteiger partial charge in [0.1, 0.15) is 0 Å². The van der Waals surface area contributed by atoms with Crippen molar-refractivity contribution in [2.24, 2.45) is 5.92 Å². The van der Waals surface area contributed by atoms with E-state index >= 15 is 0 Å². The van der Waals surface area contributed by atoms with Crippen molar-refractivity contribution in [1.29, 1.82) is 0 Å². The molecule has 0 aromatic rings. The van der Waals surface area contributed by atoms with Crippen molar-refractivity contribution in [2.75, 3.05) is 26.2 Å². The van der Waals surface area contributed by atoms with Crippen molar-refractivity contribution < 1.29 is 0 Å². The number of nitrogens with zero attached hydrogens (tertiary/aromatic N) is 1. The van der Waals surface area contributed by atoms with Crippen LogP contribution in [0.15, 0.2) is 0 Å². The van der Waals surface area contributed by atoms with Crippen molar-refractivity contribution in [3.63, 3.8) is 0 Å². The third-order valence-corrected chi connectivity index (χ3v) is 4.44. The molecule has 0 atom stereocenters. The third kappa shape index (κ3) is 5.71. The maximum Gasteiger partial charge on any atom is 0.00670 e. The largest absolute Gasteiger partial charge is 0.314 e. The van der Waals surface area contributed by atoms with E-state index in [4.69, 9.17) is 0 Å².